The molecule has 3 heteroatoms. The van der Waals surface area contributed by atoms with Gasteiger partial charge in [-0.25, -0.2) is 0 Å². The van der Waals surface area contributed by atoms with Gasteiger partial charge in [0.15, 0.2) is 0 Å². The van der Waals surface area contributed by atoms with Crippen LogP contribution in [0.15, 0.2) is 18.5 Å². The van der Waals surface area contributed by atoms with E-state index in [0.717, 1.165) is 29.8 Å². The minimum Gasteiger partial charge on any atom is -0.314 e. The molecule has 1 heterocycles. The summed E-state index contributed by atoms with van der Waals surface area (Å²) in [6, 6.07) is 2.71. The predicted molar refractivity (Wildman–Crippen MR) is 86.1 cm³/mol. The van der Waals surface area contributed by atoms with E-state index in [1.807, 2.05) is 6.20 Å². The molecule has 2 rings (SSSR count). The molecule has 2 nitrogen and oxygen atoms in total. The van der Waals surface area contributed by atoms with Gasteiger partial charge in [-0.1, -0.05) is 32.4 Å². The van der Waals surface area contributed by atoms with Gasteiger partial charge in [-0.2, -0.15) is 0 Å². The highest BCUT2D eigenvalue weighted by Crippen LogP contribution is 2.36. The molecule has 1 N–H and O–H groups in total. The Kier molecular flexibility index (Phi) is 5.86. The molecule has 1 aliphatic carbocycles. The molecule has 112 valence electrons. The van der Waals surface area contributed by atoms with Gasteiger partial charge in [0.1, 0.15) is 0 Å². The van der Waals surface area contributed by atoms with Gasteiger partial charge in [0.05, 0.1) is 5.02 Å². The molecule has 0 aliphatic heterocycles. The van der Waals surface area contributed by atoms with Crippen LogP contribution in [0.25, 0.3) is 0 Å². The number of rotatable bonds is 5. The van der Waals surface area contributed by atoms with Crippen molar-refractivity contribution in [3.8, 4) is 0 Å². The van der Waals surface area contributed by atoms with Crippen LogP contribution in [0.3, 0.4) is 0 Å². The third kappa shape index (κ3) is 3.95. The molecule has 1 saturated carbocycles. The number of nitrogens with zero attached hydrogens (tertiary/aromatic N) is 1. The Morgan fingerprint density at radius 2 is 2.20 bits per heavy atom. The van der Waals surface area contributed by atoms with Crippen molar-refractivity contribution in [2.24, 2.45) is 17.8 Å². The van der Waals surface area contributed by atoms with Crippen molar-refractivity contribution in [1.82, 2.24) is 10.3 Å². The van der Waals surface area contributed by atoms with Crippen molar-refractivity contribution in [3.63, 3.8) is 0 Å². The molecule has 1 aromatic rings. The van der Waals surface area contributed by atoms with Crippen molar-refractivity contribution in [2.45, 2.75) is 52.5 Å². The van der Waals surface area contributed by atoms with E-state index >= 15 is 0 Å². The van der Waals surface area contributed by atoms with Gasteiger partial charge in [0.25, 0.3) is 0 Å². The Labute approximate surface area is 128 Å². The Hall–Kier alpha value is -0.600. The second-order valence-electron chi connectivity index (χ2n) is 6.41. The minimum atomic E-state index is 0.638. The SMILES string of the molecule is CCNC1CCC(C(C)C)CC1Cc1ccncc1Cl. The van der Waals surface area contributed by atoms with Crippen molar-refractivity contribution in [3.05, 3.63) is 29.0 Å². The summed E-state index contributed by atoms with van der Waals surface area (Å²) in [5.41, 5.74) is 1.25. The number of halogens is 1. The molecule has 0 amide bonds. The van der Waals surface area contributed by atoms with Gasteiger partial charge in [-0.05, 0) is 61.6 Å². The molecule has 0 radical (unpaired) electrons. The van der Waals surface area contributed by atoms with E-state index in [9.17, 15) is 0 Å². The van der Waals surface area contributed by atoms with Crippen LogP contribution in [0.4, 0.5) is 0 Å². The maximum Gasteiger partial charge on any atom is 0.0621 e. The zero-order valence-electron chi connectivity index (χ0n) is 12.9. The average molecular weight is 295 g/mol. The van der Waals surface area contributed by atoms with Gasteiger partial charge in [0, 0.05) is 18.4 Å². The van der Waals surface area contributed by atoms with Crippen LogP contribution in [-0.2, 0) is 6.42 Å². The molecule has 0 aromatic carbocycles. The Morgan fingerprint density at radius 1 is 1.40 bits per heavy atom. The fourth-order valence-corrected chi connectivity index (χ4v) is 3.71. The van der Waals surface area contributed by atoms with Gasteiger partial charge < -0.3 is 5.32 Å². The first kappa shape index (κ1) is 15.8. The van der Waals surface area contributed by atoms with Crippen LogP contribution in [-0.4, -0.2) is 17.6 Å². The Bertz CT molecular complexity index is 419. The molecule has 1 aromatic heterocycles. The second kappa shape index (κ2) is 7.42. The van der Waals surface area contributed by atoms with Crippen LogP contribution in [0.1, 0.15) is 45.6 Å². The van der Waals surface area contributed by atoms with Crippen LogP contribution >= 0.6 is 11.6 Å². The molecule has 1 fully saturated rings. The van der Waals surface area contributed by atoms with Crippen molar-refractivity contribution < 1.29 is 0 Å². The van der Waals surface area contributed by atoms with Crippen molar-refractivity contribution >= 4 is 11.6 Å². The first-order valence-electron chi connectivity index (χ1n) is 7.93. The van der Waals surface area contributed by atoms with Crippen LogP contribution in [0.5, 0.6) is 0 Å². The van der Waals surface area contributed by atoms with E-state index in [2.05, 4.69) is 37.1 Å². The minimum absolute atomic E-state index is 0.638. The monoisotopic (exact) mass is 294 g/mol. The van der Waals surface area contributed by atoms with Crippen molar-refractivity contribution in [1.29, 1.82) is 0 Å². The van der Waals surface area contributed by atoms with E-state index < -0.39 is 0 Å². The van der Waals surface area contributed by atoms with Crippen molar-refractivity contribution in [2.75, 3.05) is 6.54 Å². The maximum absolute atomic E-state index is 6.28. The molecule has 0 bridgehead atoms. The van der Waals surface area contributed by atoms with E-state index in [-0.39, 0.29) is 0 Å². The van der Waals surface area contributed by atoms with E-state index in [1.54, 1.807) is 6.20 Å². The lowest BCUT2D eigenvalue weighted by atomic mass is 9.72. The highest BCUT2D eigenvalue weighted by molar-refractivity contribution is 6.31. The normalized spacial score (nSPS) is 26.9. The zero-order chi connectivity index (χ0) is 14.5. The van der Waals surface area contributed by atoms with E-state index in [1.165, 1.54) is 24.8 Å². The molecule has 3 atom stereocenters. The molecule has 20 heavy (non-hydrogen) atoms. The highest BCUT2D eigenvalue weighted by Gasteiger charge is 2.31. The zero-order valence-corrected chi connectivity index (χ0v) is 13.7. The Morgan fingerprint density at radius 3 is 2.85 bits per heavy atom. The number of hydrogen-bond acceptors (Lipinski definition) is 2. The lowest BCUT2D eigenvalue weighted by Crippen LogP contribution is -2.42. The third-order valence-electron chi connectivity index (χ3n) is 4.77. The van der Waals surface area contributed by atoms with Crippen LogP contribution in [0, 0.1) is 17.8 Å². The quantitative estimate of drug-likeness (QED) is 0.874. The standard InChI is InChI=1S/C17H27ClN2/c1-4-20-17-6-5-13(12(2)3)9-15(17)10-14-7-8-19-11-16(14)18/h7-8,11-13,15,17,20H,4-6,9-10H2,1-3H3. The summed E-state index contributed by atoms with van der Waals surface area (Å²) in [5.74, 6) is 2.33. The highest BCUT2D eigenvalue weighted by atomic mass is 35.5. The summed E-state index contributed by atoms with van der Waals surface area (Å²) in [7, 11) is 0. The molecular weight excluding hydrogens is 268 g/mol. The number of pyridine rings is 1. The summed E-state index contributed by atoms with van der Waals surface area (Å²) >= 11 is 6.28. The van der Waals surface area contributed by atoms with Gasteiger partial charge in [-0.3, -0.25) is 4.98 Å². The number of nitrogens with one attached hydrogen (secondary N) is 1. The second-order valence-corrected chi connectivity index (χ2v) is 6.82. The molecule has 0 spiro atoms. The van der Waals surface area contributed by atoms with E-state index in [4.69, 9.17) is 11.6 Å². The lowest BCUT2D eigenvalue weighted by molar-refractivity contribution is 0.169. The van der Waals surface area contributed by atoms with Gasteiger partial charge >= 0.3 is 0 Å². The average Bonchev–Trinajstić information content (AvgIpc) is 2.43. The third-order valence-corrected chi connectivity index (χ3v) is 5.11. The van der Waals surface area contributed by atoms with E-state index in [0.29, 0.717) is 12.0 Å². The lowest BCUT2D eigenvalue weighted by Gasteiger charge is -2.38. The predicted octanol–water partition coefficient (Wildman–Crippen LogP) is 4.33. The van der Waals surface area contributed by atoms with Gasteiger partial charge in [-0.15, -0.1) is 0 Å². The van der Waals surface area contributed by atoms with Crippen LogP contribution < -0.4 is 5.32 Å². The summed E-state index contributed by atoms with van der Waals surface area (Å²) < 4.78 is 0. The summed E-state index contributed by atoms with van der Waals surface area (Å²) in [4.78, 5) is 4.09. The summed E-state index contributed by atoms with van der Waals surface area (Å²) in [6.07, 6.45) is 8.66. The number of hydrogen-bond donors (Lipinski definition) is 1. The topological polar surface area (TPSA) is 24.9 Å². The molecule has 3 unspecified atom stereocenters. The Balaban J connectivity index is 2.09. The molecule has 0 saturated heterocycles. The maximum atomic E-state index is 6.28. The smallest absolute Gasteiger partial charge is 0.0621 e. The first-order valence-corrected chi connectivity index (χ1v) is 8.31. The number of aromatic nitrogens is 1. The summed E-state index contributed by atoms with van der Waals surface area (Å²) in [5, 5.41) is 4.49. The first-order chi connectivity index (χ1) is 9.61. The van der Waals surface area contributed by atoms with Gasteiger partial charge in [0.2, 0.25) is 0 Å². The molecular formula is C17H27ClN2. The summed E-state index contributed by atoms with van der Waals surface area (Å²) in [6.45, 7) is 7.96. The fourth-order valence-electron chi connectivity index (χ4n) is 3.51. The fraction of sp³-hybridized carbons (Fsp3) is 0.706. The molecule has 1 aliphatic rings. The largest absolute Gasteiger partial charge is 0.314 e. The van der Waals surface area contributed by atoms with Crippen LogP contribution in [0.2, 0.25) is 5.02 Å².